The van der Waals surface area contributed by atoms with Crippen molar-refractivity contribution in [3.05, 3.63) is 76.1 Å². The van der Waals surface area contributed by atoms with Crippen LogP contribution in [0.1, 0.15) is 0 Å². The van der Waals surface area contributed by atoms with Gasteiger partial charge in [0, 0.05) is 10.6 Å². The summed E-state index contributed by atoms with van der Waals surface area (Å²) in [5, 5.41) is 3.15. The maximum absolute atomic E-state index is 12.1. The summed E-state index contributed by atoms with van der Waals surface area (Å²) in [5.74, 6) is 0.297. The van der Waals surface area contributed by atoms with E-state index in [1.807, 2.05) is 42.5 Å². The van der Waals surface area contributed by atoms with E-state index in [-0.39, 0.29) is 0 Å². The van der Waals surface area contributed by atoms with Crippen LogP contribution in [0.25, 0.3) is 33.1 Å². The van der Waals surface area contributed by atoms with Crippen molar-refractivity contribution in [2.45, 2.75) is 0 Å². The topological polar surface area (TPSA) is 43.1 Å². The van der Waals surface area contributed by atoms with E-state index in [9.17, 15) is 4.79 Å². The molecule has 0 atom stereocenters. The third-order valence-corrected chi connectivity index (χ3v) is 3.82. The summed E-state index contributed by atoms with van der Waals surface area (Å²) >= 11 is 5.97. The van der Waals surface area contributed by atoms with E-state index in [0.717, 1.165) is 16.3 Å². The van der Waals surface area contributed by atoms with Crippen LogP contribution in [-0.4, -0.2) is 4.98 Å². The van der Waals surface area contributed by atoms with Crippen molar-refractivity contribution in [1.82, 2.24) is 4.98 Å². The molecule has 3 nitrogen and oxygen atoms in total. The molecular formula is C18H10ClNO2. The van der Waals surface area contributed by atoms with Crippen molar-refractivity contribution in [2.75, 3.05) is 0 Å². The first kappa shape index (κ1) is 13.0. The standard InChI is InChI=1S/C18H10ClNO2/c19-14-7-8-15-16(10-14)20-17(22-18(15)21)13-6-5-11-3-1-2-4-12(11)9-13/h1-10H. The Labute approximate surface area is 130 Å². The number of hydrogen-bond donors (Lipinski definition) is 0. The molecule has 0 aliphatic rings. The minimum Gasteiger partial charge on any atom is -0.403 e. The minimum absolute atomic E-state index is 0.297. The summed E-state index contributed by atoms with van der Waals surface area (Å²) in [6, 6.07) is 18.8. The highest BCUT2D eigenvalue weighted by molar-refractivity contribution is 6.31. The van der Waals surface area contributed by atoms with Gasteiger partial charge in [0.2, 0.25) is 5.89 Å². The Morgan fingerprint density at radius 2 is 1.73 bits per heavy atom. The lowest BCUT2D eigenvalue weighted by Crippen LogP contribution is -2.02. The van der Waals surface area contributed by atoms with Gasteiger partial charge < -0.3 is 4.42 Å². The highest BCUT2D eigenvalue weighted by Gasteiger charge is 2.09. The molecule has 0 N–H and O–H groups in total. The number of hydrogen-bond acceptors (Lipinski definition) is 3. The van der Waals surface area contributed by atoms with Gasteiger partial charge in [-0.3, -0.25) is 0 Å². The van der Waals surface area contributed by atoms with Crippen molar-refractivity contribution < 1.29 is 4.42 Å². The zero-order chi connectivity index (χ0) is 15.1. The van der Waals surface area contributed by atoms with E-state index >= 15 is 0 Å². The molecule has 0 saturated heterocycles. The summed E-state index contributed by atoms with van der Waals surface area (Å²) in [6.45, 7) is 0. The fourth-order valence-electron chi connectivity index (χ4n) is 2.49. The van der Waals surface area contributed by atoms with Crippen molar-refractivity contribution in [1.29, 1.82) is 0 Å². The molecule has 1 heterocycles. The third kappa shape index (κ3) is 2.16. The fourth-order valence-corrected chi connectivity index (χ4v) is 2.66. The number of halogens is 1. The molecule has 22 heavy (non-hydrogen) atoms. The number of benzene rings is 3. The van der Waals surface area contributed by atoms with E-state index in [1.165, 1.54) is 0 Å². The maximum Gasteiger partial charge on any atom is 0.347 e. The summed E-state index contributed by atoms with van der Waals surface area (Å²) in [4.78, 5) is 16.5. The van der Waals surface area contributed by atoms with Gasteiger partial charge in [0.15, 0.2) is 0 Å². The van der Waals surface area contributed by atoms with Gasteiger partial charge in [0.25, 0.3) is 0 Å². The molecule has 4 aromatic rings. The van der Waals surface area contributed by atoms with Crippen LogP contribution >= 0.6 is 11.6 Å². The van der Waals surface area contributed by atoms with Gasteiger partial charge in [-0.2, -0.15) is 0 Å². The van der Waals surface area contributed by atoms with Crippen molar-refractivity contribution >= 4 is 33.3 Å². The van der Waals surface area contributed by atoms with Crippen LogP contribution in [0.5, 0.6) is 0 Å². The zero-order valence-electron chi connectivity index (χ0n) is 11.4. The smallest absolute Gasteiger partial charge is 0.347 e. The first-order valence-corrected chi connectivity index (χ1v) is 7.18. The Kier molecular flexibility index (Phi) is 2.94. The normalized spacial score (nSPS) is 11.1. The molecule has 0 aliphatic carbocycles. The first-order valence-electron chi connectivity index (χ1n) is 6.80. The van der Waals surface area contributed by atoms with E-state index in [4.69, 9.17) is 16.0 Å². The summed E-state index contributed by atoms with van der Waals surface area (Å²) in [7, 11) is 0. The van der Waals surface area contributed by atoms with Gasteiger partial charge in [-0.05, 0) is 41.1 Å². The molecular weight excluding hydrogens is 298 g/mol. The quantitative estimate of drug-likeness (QED) is 0.513. The molecule has 0 radical (unpaired) electrons. The van der Waals surface area contributed by atoms with Gasteiger partial charge in [-0.25, -0.2) is 9.78 Å². The zero-order valence-corrected chi connectivity index (χ0v) is 12.2. The number of fused-ring (bicyclic) bond motifs is 2. The predicted molar refractivity (Wildman–Crippen MR) is 88.2 cm³/mol. The lowest BCUT2D eigenvalue weighted by Gasteiger charge is -2.04. The van der Waals surface area contributed by atoms with Crippen LogP contribution in [0.4, 0.5) is 0 Å². The molecule has 0 bridgehead atoms. The lowest BCUT2D eigenvalue weighted by atomic mass is 10.1. The second-order valence-corrected chi connectivity index (χ2v) is 5.47. The molecule has 0 amide bonds. The van der Waals surface area contributed by atoms with Crippen molar-refractivity contribution in [3.63, 3.8) is 0 Å². The van der Waals surface area contributed by atoms with E-state index in [1.54, 1.807) is 18.2 Å². The summed E-state index contributed by atoms with van der Waals surface area (Å²) in [6.07, 6.45) is 0. The number of nitrogens with zero attached hydrogens (tertiary/aromatic N) is 1. The van der Waals surface area contributed by atoms with E-state index in [0.29, 0.717) is 21.8 Å². The van der Waals surface area contributed by atoms with Crippen molar-refractivity contribution in [2.24, 2.45) is 0 Å². The van der Waals surface area contributed by atoms with E-state index < -0.39 is 5.63 Å². The van der Waals surface area contributed by atoms with Crippen LogP contribution < -0.4 is 5.63 Å². The van der Waals surface area contributed by atoms with Crippen LogP contribution in [-0.2, 0) is 0 Å². The van der Waals surface area contributed by atoms with Gasteiger partial charge in [0.05, 0.1) is 10.9 Å². The highest BCUT2D eigenvalue weighted by Crippen LogP contribution is 2.24. The predicted octanol–water partition coefficient (Wildman–Crippen LogP) is 4.66. The molecule has 0 unspecified atom stereocenters. The molecule has 0 fully saturated rings. The van der Waals surface area contributed by atoms with E-state index in [2.05, 4.69) is 4.98 Å². The highest BCUT2D eigenvalue weighted by atomic mass is 35.5. The Hall–Kier alpha value is -2.65. The molecule has 4 rings (SSSR count). The fraction of sp³-hybridized carbons (Fsp3) is 0. The SMILES string of the molecule is O=c1oc(-c2ccc3ccccc3c2)nc2cc(Cl)ccc12. The van der Waals surface area contributed by atoms with Crippen LogP contribution in [0.2, 0.25) is 5.02 Å². The van der Waals surface area contributed by atoms with Crippen molar-refractivity contribution in [3.8, 4) is 11.5 Å². The second-order valence-electron chi connectivity index (χ2n) is 5.03. The summed E-state index contributed by atoms with van der Waals surface area (Å²) in [5.41, 5.74) is 0.884. The lowest BCUT2D eigenvalue weighted by molar-refractivity contribution is 0.518. The van der Waals surface area contributed by atoms with Crippen LogP contribution in [0.3, 0.4) is 0 Å². The Morgan fingerprint density at radius 3 is 2.59 bits per heavy atom. The Morgan fingerprint density at radius 1 is 0.909 bits per heavy atom. The molecule has 0 saturated carbocycles. The Balaban J connectivity index is 1.97. The monoisotopic (exact) mass is 307 g/mol. The molecule has 106 valence electrons. The molecule has 0 aliphatic heterocycles. The number of rotatable bonds is 1. The largest absolute Gasteiger partial charge is 0.403 e. The summed E-state index contributed by atoms with van der Waals surface area (Å²) < 4.78 is 5.36. The average molecular weight is 308 g/mol. The second kappa shape index (κ2) is 4.97. The molecule has 3 aromatic carbocycles. The molecule has 1 aromatic heterocycles. The Bertz CT molecular complexity index is 1070. The molecule has 4 heteroatoms. The van der Waals surface area contributed by atoms with Gasteiger partial charge in [-0.15, -0.1) is 0 Å². The van der Waals surface area contributed by atoms with Crippen LogP contribution in [0.15, 0.2) is 69.9 Å². The first-order chi connectivity index (χ1) is 10.7. The van der Waals surface area contributed by atoms with Crippen LogP contribution in [0, 0.1) is 0 Å². The maximum atomic E-state index is 12.1. The van der Waals surface area contributed by atoms with Gasteiger partial charge in [0.1, 0.15) is 0 Å². The van der Waals surface area contributed by atoms with Gasteiger partial charge in [-0.1, -0.05) is 41.9 Å². The molecule has 0 spiro atoms. The average Bonchev–Trinajstić information content (AvgIpc) is 2.54. The third-order valence-electron chi connectivity index (χ3n) is 3.59. The minimum atomic E-state index is -0.412. The number of aromatic nitrogens is 1. The van der Waals surface area contributed by atoms with Gasteiger partial charge >= 0.3 is 5.63 Å².